The highest BCUT2D eigenvalue weighted by Crippen LogP contribution is 2.23. The first-order valence-corrected chi connectivity index (χ1v) is 9.05. The molecule has 0 radical (unpaired) electrons. The predicted octanol–water partition coefficient (Wildman–Crippen LogP) is 4.42. The van der Waals surface area contributed by atoms with Gasteiger partial charge in [-0.2, -0.15) is 0 Å². The molecule has 6 heteroatoms. The number of piperidine rings is 1. The summed E-state index contributed by atoms with van der Waals surface area (Å²) in [5.74, 6) is 0.326. The Morgan fingerprint density at radius 3 is 2.33 bits per heavy atom. The number of hydrogen-bond donors (Lipinski definition) is 1. The number of carbonyl (C=O) groups is 2. The fourth-order valence-corrected chi connectivity index (χ4v) is 2.92. The molecule has 0 spiro atoms. The predicted molar refractivity (Wildman–Crippen MR) is 97.9 cm³/mol. The van der Waals surface area contributed by atoms with E-state index in [2.05, 4.69) is 21.2 Å². The summed E-state index contributed by atoms with van der Waals surface area (Å²) in [7, 11) is 0. The molecule has 1 saturated heterocycles. The molecule has 0 atom stereocenters. The van der Waals surface area contributed by atoms with Gasteiger partial charge in [-0.1, -0.05) is 15.9 Å². The van der Waals surface area contributed by atoms with E-state index in [0.29, 0.717) is 25.4 Å². The molecular weight excluding hydrogens is 372 g/mol. The maximum Gasteiger partial charge on any atom is 0.410 e. The minimum Gasteiger partial charge on any atom is -0.444 e. The molecule has 1 fully saturated rings. The number of carbonyl (C=O) groups excluding carboxylic acids is 2. The van der Waals surface area contributed by atoms with Crippen molar-refractivity contribution in [2.75, 3.05) is 18.4 Å². The van der Waals surface area contributed by atoms with Crippen LogP contribution in [0.4, 0.5) is 10.5 Å². The lowest BCUT2D eigenvalue weighted by Gasteiger charge is -2.33. The summed E-state index contributed by atoms with van der Waals surface area (Å²) in [6, 6.07) is 7.53. The van der Waals surface area contributed by atoms with Gasteiger partial charge >= 0.3 is 6.09 Å². The Morgan fingerprint density at radius 2 is 1.79 bits per heavy atom. The molecule has 2 rings (SSSR count). The smallest absolute Gasteiger partial charge is 0.410 e. The van der Waals surface area contributed by atoms with Crippen LogP contribution in [0, 0.1) is 5.92 Å². The Balaban J connectivity index is 1.75. The van der Waals surface area contributed by atoms with Gasteiger partial charge in [0.1, 0.15) is 5.60 Å². The summed E-state index contributed by atoms with van der Waals surface area (Å²) in [5.41, 5.74) is 0.327. The van der Waals surface area contributed by atoms with E-state index in [1.54, 1.807) is 4.90 Å². The summed E-state index contributed by atoms with van der Waals surface area (Å²) in [5, 5.41) is 2.92. The minimum absolute atomic E-state index is 0.0213. The van der Waals surface area contributed by atoms with Crippen LogP contribution in [0.25, 0.3) is 0 Å². The van der Waals surface area contributed by atoms with Crippen LogP contribution >= 0.6 is 15.9 Å². The van der Waals surface area contributed by atoms with Gasteiger partial charge in [-0.25, -0.2) is 4.79 Å². The molecule has 0 unspecified atom stereocenters. The summed E-state index contributed by atoms with van der Waals surface area (Å²) in [6.45, 7) is 6.88. The highest BCUT2D eigenvalue weighted by molar-refractivity contribution is 9.10. The molecule has 5 nitrogen and oxygen atoms in total. The van der Waals surface area contributed by atoms with Crippen LogP contribution in [0.15, 0.2) is 28.7 Å². The summed E-state index contributed by atoms with van der Waals surface area (Å²) in [4.78, 5) is 25.9. The largest absolute Gasteiger partial charge is 0.444 e. The number of amides is 2. The Kier molecular flexibility index (Phi) is 6.27. The molecular formula is C18H25BrN2O3. The zero-order valence-electron chi connectivity index (χ0n) is 14.5. The third kappa shape index (κ3) is 6.15. The van der Waals surface area contributed by atoms with Crippen molar-refractivity contribution in [1.82, 2.24) is 4.90 Å². The quantitative estimate of drug-likeness (QED) is 0.821. The Bertz CT molecular complexity index is 573. The number of nitrogens with one attached hydrogen (secondary N) is 1. The molecule has 0 bridgehead atoms. The third-order valence-electron chi connectivity index (χ3n) is 3.87. The number of ether oxygens (including phenoxy) is 1. The molecule has 1 aromatic carbocycles. The van der Waals surface area contributed by atoms with Gasteiger partial charge in [0.15, 0.2) is 0 Å². The zero-order chi connectivity index (χ0) is 17.7. The molecule has 132 valence electrons. The van der Waals surface area contributed by atoms with Gasteiger partial charge in [-0.15, -0.1) is 0 Å². The number of anilines is 1. The van der Waals surface area contributed by atoms with E-state index in [1.165, 1.54) is 0 Å². The van der Waals surface area contributed by atoms with Gasteiger partial charge in [0.2, 0.25) is 5.91 Å². The SMILES string of the molecule is CC(C)(C)OC(=O)N1CCC(CC(=O)Nc2ccc(Br)cc2)CC1. The first kappa shape index (κ1) is 18.8. The van der Waals surface area contributed by atoms with Gasteiger partial charge in [-0.05, 0) is 63.8 Å². The van der Waals surface area contributed by atoms with Crippen LogP contribution in [0.2, 0.25) is 0 Å². The molecule has 0 saturated carbocycles. The molecule has 0 aromatic heterocycles. The van der Waals surface area contributed by atoms with Crippen LogP contribution in [0.3, 0.4) is 0 Å². The van der Waals surface area contributed by atoms with Crippen LogP contribution in [-0.4, -0.2) is 35.6 Å². The van der Waals surface area contributed by atoms with Crippen molar-refractivity contribution in [2.45, 2.75) is 45.6 Å². The van der Waals surface area contributed by atoms with E-state index in [0.717, 1.165) is 23.0 Å². The maximum atomic E-state index is 12.1. The molecule has 1 aliphatic heterocycles. The van der Waals surface area contributed by atoms with Crippen molar-refractivity contribution in [3.63, 3.8) is 0 Å². The fourth-order valence-electron chi connectivity index (χ4n) is 2.65. The Morgan fingerprint density at radius 1 is 1.21 bits per heavy atom. The molecule has 2 amide bonds. The zero-order valence-corrected chi connectivity index (χ0v) is 16.1. The van der Waals surface area contributed by atoms with Crippen molar-refractivity contribution in [2.24, 2.45) is 5.92 Å². The van der Waals surface area contributed by atoms with Crippen molar-refractivity contribution < 1.29 is 14.3 Å². The van der Waals surface area contributed by atoms with E-state index in [1.807, 2.05) is 45.0 Å². The number of halogens is 1. The first-order valence-electron chi connectivity index (χ1n) is 8.26. The lowest BCUT2D eigenvalue weighted by atomic mass is 9.93. The summed E-state index contributed by atoms with van der Waals surface area (Å²) < 4.78 is 6.37. The van der Waals surface area contributed by atoms with Crippen molar-refractivity contribution in [3.05, 3.63) is 28.7 Å². The van der Waals surface area contributed by atoms with Crippen LogP contribution in [-0.2, 0) is 9.53 Å². The number of rotatable bonds is 3. The number of hydrogen-bond acceptors (Lipinski definition) is 3. The first-order chi connectivity index (χ1) is 11.2. The van der Waals surface area contributed by atoms with Crippen molar-refractivity contribution >= 4 is 33.6 Å². The Hall–Kier alpha value is -1.56. The van der Waals surface area contributed by atoms with Gasteiger partial charge in [0.25, 0.3) is 0 Å². The van der Waals surface area contributed by atoms with E-state index in [9.17, 15) is 9.59 Å². The van der Waals surface area contributed by atoms with Crippen LogP contribution in [0.1, 0.15) is 40.0 Å². The highest BCUT2D eigenvalue weighted by Gasteiger charge is 2.27. The van der Waals surface area contributed by atoms with E-state index in [-0.39, 0.29) is 12.0 Å². The lowest BCUT2D eigenvalue weighted by molar-refractivity contribution is -0.117. The number of nitrogens with zero attached hydrogens (tertiary/aromatic N) is 1. The van der Waals surface area contributed by atoms with Gasteiger partial charge < -0.3 is 15.0 Å². The molecule has 1 aliphatic rings. The molecule has 1 aromatic rings. The van der Waals surface area contributed by atoms with Crippen molar-refractivity contribution in [1.29, 1.82) is 0 Å². The number of benzene rings is 1. The number of likely N-dealkylation sites (tertiary alicyclic amines) is 1. The maximum absolute atomic E-state index is 12.1. The topological polar surface area (TPSA) is 58.6 Å². The monoisotopic (exact) mass is 396 g/mol. The molecule has 24 heavy (non-hydrogen) atoms. The van der Waals surface area contributed by atoms with Crippen molar-refractivity contribution in [3.8, 4) is 0 Å². The normalized spacial score (nSPS) is 15.9. The van der Waals surface area contributed by atoms with Gasteiger partial charge in [0, 0.05) is 29.7 Å². The molecule has 1 N–H and O–H groups in total. The average Bonchev–Trinajstić information content (AvgIpc) is 2.48. The van der Waals surface area contributed by atoms with E-state index < -0.39 is 5.60 Å². The van der Waals surface area contributed by atoms with Gasteiger partial charge in [0.05, 0.1) is 0 Å². The average molecular weight is 397 g/mol. The lowest BCUT2D eigenvalue weighted by Crippen LogP contribution is -2.42. The summed E-state index contributed by atoms with van der Waals surface area (Å²) in [6.07, 6.45) is 1.87. The Labute approximate surface area is 151 Å². The highest BCUT2D eigenvalue weighted by atomic mass is 79.9. The molecule has 1 heterocycles. The second-order valence-electron chi connectivity index (χ2n) is 7.17. The second-order valence-corrected chi connectivity index (χ2v) is 8.09. The molecule has 0 aliphatic carbocycles. The van der Waals surface area contributed by atoms with Gasteiger partial charge in [-0.3, -0.25) is 4.79 Å². The summed E-state index contributed by atoms with van der Waals surface area (Å²) >= 11 is 3.37. The standard InChI is InChI=1S/C18H25BrN2O3/c1-18(2,3)24-17(23)21-10-8-13(9-11-21)12-16(22)20-15-6-4-14(19)5-7-15/h4-7,13H,8-12H2,1-3H3,(H,20,22). The van der Waals surface area contributed by atoms with Crippen LogP contribution < -0.4 is 5.32 Å². The second kappa shape index (κ2) is 8.01. The fraction of sp³-hybridized carbons (Fsp3) is 0.556. The minimum atomic E-state index is -0.474. The van der Waals surface area contributed by atoms with Crippen LogP contribution in [0.5, 0.6) is 0 Å². The third-order valence-corrected chi connectivity index (χ3v) is 4.40. The van der Waals surface area contributed by atoms with E-state index in [4.69, 9.17) is 4.74 Å². The van der Waals surface area contributed by atoms with E-state index >= 15 is 0 Å².